The quantitative estimate of drug-likeness (QED) is 0.492. The molecule has 1 aliphatic heterocycles. The zero-order valence-electron chi connectivity index (χ0n) is 4.54. The molecule has 46 valence electrons. The molecule has 0 bridgehead atoms. The van der Waals surface area contributed by atoms with Crippen LogP contribution in [0.5, 0.6) is 0 Å². The highest BCUT2D eigenvalue weighted by Gasteiger charge is 2.04. The standard InChI is InChI=1S/C5H9NO2/c7-5-2-1-3-6(8)4-5/h4,7-8H,1-3H2. The van der Waals surface area contributed by atoms with Gasteiger partial charge in [0, 0.05) is 13.0 Å². The van der Waals surface area contributed by atoms with Crippen LogP contribution in [-0.2, 0) is 0 Å². The van der Waals surface area contributed by atoms with Gasteiger partial charge in [0.1, 0.15) is 5.76 Å². The van der Waals surface area contributed by atoms with Gasteiger partial charge in [-0.15, -0.1) is 0 Å². The minimum absolute atomic E-state index is 0.263. The van der Waals surface area contributed by atoms with Crippen LogP contribution in [0.15, 0.2) is 12.0 Å². The second kappa shape index (κ2) is 2.05. The third-order valence-electron chi connectivity index (χ3n) is 1.12. The van der Waals surface area contributed by atoms with E-state index in [4.69, 9.17) is 10.3 Å². The monoisotopic (exact) mass is 115 g/mol. The summed E-state index contributed by atoms with van der Waals surface area (Å²) in [7, 11) is 0. The van der Waals surface area contributed by atoms with Crippen molar-refractivity contribution >= 4 is 0 Å². The molecule has 0 radical (unpaired) electrons. The molecule has 1 heterocycles. The molecule has 3 nitrogen and oxygen atoms in total. The second-order valence-corrected chi connectivity index (χ2v) is 1.89. The Kier molecular flexibility index (Phi) is 1.39. The fourth-order valence-corrected chi connectivity index (χ4v) is 0.723. The Labute approximate surface area is 47.8 Å². The largest absolute Gasteiger partial charge is 0.511 e. The van der Waals surface area contributed by atoms with Crippen LogP contribution in [0.3, 0.4) is 0 Å². The molecule has 0 atom stereocenters. The van der Waals surface area contributed by atoms with Crippen LogP contribution >= 0.6 is 0 Å². The highest BCUT2D eigenvalue weighted by Crippen LogP contribution is 2.08. The van der Waals surface area contributed by atoms with E-state index in [0.29, 0.717) is 13.0 Å². The van der Waals surface area contributed by atoms with Crippen molar-refractivity contribution < 1.29 is 10.3 Å². The van der Waals surface area contributed by atoms with Gasteiger partial charge in [0.05, 0.1) is 6.20 Å². The van der Waals surface area contributed by atoms with E-state index >= 15 is 0 Å². The molecule has 0 aromatic carbocycles. The fraction of sp³-hybridized carbons (Fsp3) is 0.600. The van der Waals surface area contributed by atoms with E-state index < -0.39 is 0 Å². The number of aliphatic hydroxyl groups excluding tert-OH is 1. The summed E-state index contributed by atoms with van der Waals surface area (Å²) in [6.07, 6.45) is 2.86. The average Bonchev–Trinajstić information content (AvgIpc) is 1.64. The normalized spacial score (nSPS) is 20.6. The minimum atomic E-state index is 0.263. The molecule has 0 unspecified atom stereocenters. The lowest BCUT2D eigenvalue weighted by Gasteiger charge is -2.16. The zero-order valence-corrected chi connectivity index (χ0v) is 4.54. The topological polar surface area (TPSA) is 43.7 Å². The summed E-state index contributed by atoms with van der Waals surface area (Å²) in [5.41, 5.74) is 0. The summed E-state index contributed by atoms with van der Waals surface area (Å²) in [5.74, 6) is 0.263. The number of rotatable bonds is 0. The predicted molar refractivity (Wildman–Crippen MR) is 28.4 cm³/mol. The van der Waals surface area contributed by atoms with Gasteiger partial charge in [-0.25, -0.2) is 0 Å². The van der Waals surface area contributed by atoms with Crippen molar-refractivity contribution in [2.75, 3.05) is 6.54 Å². The van der Waals surface area contributed by atoms with Crippen LogP contribution < -0.4 is 0 Å². The molecular formula is C5H9NO2. The number of hydrogen-bond acceptors (Lipinski definition) is 3. The highest BCUT2D eigenvalue weighted by atomic mass is 16.5. The van der Waals surface area contributed by atoms with Crippen LogP contribution in [0.25, 0.3) is 0 Å². The number of aliphatic hydroxyl groups is 1. The Balaban J connectivity index is 2.50. The first kappa shape index (κ1) is 5.44. The molecule has 0 aromatic heterocycles. The van der Waals surface area contributed by atoms with E-state index in [9.17, 15) is 0 Å². The SMILES string of the molecule is OC1=CN(O)CCC1. The number of hydrogen-bond donors (Lipinski definition) is 2. The smallest absolute Gasteiger partial charge is 0.111 e. The zero-order chi connectivity index (χ0) is 5.98. The Morgan fingerprint density at radius 3 is 2.75 bits per heavy atom. The third kappa shape index (κ3) is 1.13. The first-order chi connectivity index (χ1) is 3.79. The lowest BCUT2D eigenvalue weighted by atomic mass is 10.2. The number of nitrogens with zero attached hydrogens (tertiary/aromatic N) is 1. The van der Waals surface area contributed by atoms with E-state index in [1.54, 1.807) is 0 Å². The van der Waals surface area contributed by atoms with Gasteiger partial charge in [-0.2, -0.15) is 0 Å². The molecule has 0 fully saturated rings. The van der Waals surface area contributed by atoms with E-state index in [2.05, 4.69) is 0 Å². The first-order valence-electron chi connectivity index (χ1n) is 2.64. The van der Waals surface area contributed by atoms with E-state index in [1.165, 1.54) is 6.20 Å². The van der Waals surface area contributed by atoms with Crippen molar-refractivity contribution in [1.29, 1.82) is 0 Å². The lowest BCUT2D eigenvalue weighted by Crippen LogP contribution is -2.18. The molecule has 0 spiro atoms. The maximum absolute atomic E-state index is 8.74. The van der Waals surface area contributed by atoms with Crippen molar-refractivity contribution in [3.05, 3.63) is 12.0 Å². The van der Waals surface area contributed by atoms with Gasteiger partial charge in [-0.1, -0.05) is 0 Å². The molecule has 1 aliphatic rings. The Morgan fingerprint density at radius 1 is 1.62 bits per heavy atom. The van der Waals surface area contributed by atoms with Crippen LogP contribution in [0.2, 0.25) is 0 Å². The van der Waals surface area contributed by atoms with Gasteiger partial charge in [0.25, 0.3) is 0 Å². The van der Waals surface area contributed by atoms with Crippen molar-refractivity contribution in [1.82, 2.24) is 5.06 Å². The Hall–Kier alpha value is -0.700. The maximum Gasteiger partial charge on any atom is 0.111 e. The summed E-state index contributed by atoms with van der Waals surface area (Å²) < 4.78 is 0. The third-order valence-corrected chi connectivity index (χ3v) is 1.12. The summed E-state index contributed by atoms with van der Waals surface area (Å²) >= 11 is 0. The van der Waals surface area contributed by atoms with Gasteiger partial charge in [-0.05, 0) is 6.42 Å². The average molecular weight is 115 g/mol. The predicted octanol–water partition coefficient (Wildman–Crippen LogP) is 0.871. The van der Waals surface area contributed by atoms with Gasteiger partial charge in [0.2, 0.25) is 0 Å². The summed E-state index contributed by atoms with van der Waals surface area (Å²) in [6.45, 7) is 0.629. The lowest BCUT2D eigenvalue weighted by molar-refractivity contribution is -0.0513. The van der Waals surface area contributed by atoms with Crippen LogP contribution in [0.4, 0.5) is 0 Å². The molecule has 0 saturated heterocycles. The van der Waals surface area contributed by atoms with Crippen LogP contribution in [0.1, 0.15) is 12.8 Å². The number of hydroxylamine groups is 2. The number of allylic oxidation sites excluding steroid dienone is 1. The summed E-state index contributed by atoms with van der Waals surface area (Å²) in [4.78, 5) is 0. The van der Waals surface area contributed by atoms with E-state index in [-0.39, 0.29) is 5.76 Å². The Bertz CT molecular complexity index is 111. The van der Waals surface area contributed by atoms with Crippen molar-refractivity contribution in [3.8, 4) is 0 Å². The van der Waals surface area contributed by atoms with Crippen LogP contribution in [0, 0.1) is 0 Å². The molecule has 3 heteroatoms. The summed E-state index contributed by atoms with van der Waals surface area (Å²) in [5, 5.41) is 18.4. The first-order valence-corrected chi connectivity index (χ1v) is 2.64. The van der Waals surface area contributed by atoms with Crippen molar-refractivity contribution in [2.24, 2.45) is 0 Å². The van der Waals surface area contributed by atoms with Crippen molar-refractivity contribution in [3.63, 3.8) is 0 Å². The molecule has 2 N–H and O–H groups in total. The second-order valence-electron chi connectivity index (χ2n) is 1.89. The van der Waals surface area contributed by atoms with Crippen molar-refractivity contribution in [2.45, 2.75) is 12.8 Å². The molecule has 1 rings (SSSR count). The van der Waals surface area contributed by atoms with E-state index in [0.717, 1.165) is 11.5 Å². The minimum Gasteiger partial charge on any atom is -0.511 e. The molecular weight excluding hydrogens is 106 g/mol. The van der Waals surface area contributed by atoms with Gasteiger partial charge < -0.3 is 5.11 Å². The van der Waals surface area contributed by atoms with E-state index in [1.807, 2.05) is 0 Å². The molecule has 8 heavy (non-hydrogen) atoms. The van der Waals surface area contributed by atoms with Gasteiger partial charge >= 0.3 is 0 Å². The van der Waals surface area contributed by atoms with Gasteiger partial charge in [0.15, 0.2) is 0 Å². The molecule has 0 saturated carbocycles. The fourth-order valence-electron chi connectivity index (χ4n) is 0.723. The Morgan fingerprint density at radius 2 is 2.38 bits per heavy atom. The highest BCUT2D eigenvalue weighted by molar-refractivity contribution is 4.91. The molecule has 0 aromatic rings. The van der Waals surface area contributed by atoms with Gasteiger partial charge in [-0.3, -0.25) is 10.3 Å². The molecule has 0 amide bonds. The summed E-state index contributed by atoms with van der Waals surface area (Å²) in [6, 6.07) is 0. The maximum atomic E-state index is 8.74. The molecule has 0 aliphatic carbocycles. The van der Waals surface area contributed by atoms with Crippen LogP contribution in [-0.4, -0.2) is 21.9 Å².